The molecule has 3 rings (SSSR count). The van der Waals surface area contributed by atoms with Crippen molar-refractivity contribution in [2.45, 2.75) is 38.9 Å². The minimum Gasteiger partial charge on any atom is -0.370 e. The summed E-state index contributed by atoms with van der Waals surface area (Å²) in [6.07, 6.45) is 4.00. The van der Waals surface area contributed by atoms with E-state index >= 15 is 0 Å². The molecule has 2 aromatic heterocycles. The van der Waals surface area contributed by atoms with Crippen LogP contribution in [0, 0.1) is 6.92 Å². The molecular weight excluding hydrogens is 294 g/mol. The van der Waals surface area contributed by atoms with Gasteiger partial charge in [-0.2, -0.15) is 0 Å². The molecule has 23 heavy (non-hydrogen) atoms. The SMILES string of the molecule is Cc1cc(CC(=O)N2CCCC(OCc3ccccn3)C2)on1. The lowest BCUT2D eigenvalue weighted by atomic mass is 10.1. The van der Waals surface area contributed by atoms with E-state index in [1.165, 1.54) is 0 Å². The molecule has 1 fully saturated rings. The molecule has 1 atom stereocenters. The average Bonchev–Trinajstić information content (AvgIpc) is 2.99. The molecule has 3 heterocycles. The van der Waals surface area contributed by atoms with E-state index < -0.39 is 0 Å². The predicted octanol–water partition coefficient (Wildman–Crippen LogP) is 2.13. The molecule has 1 aliphatic rings. The molecule has 1 amide bonds. The van der Waals surface area contributed by atoms with Crippen molar-refractivity contribution >= 4 is 5.91 Å². The van der Waals surface area contributed by atoms with E-state index in [0.717, 1.165) is 30.8 Å². The smallest absolute Gasteiger partial charge is 0.230 e. The van der Waals surface area contributed by atoms with Gasteiger partial charge in [0, 0.05) is 25.4 Å². The van der Waals surface area contributed by atoms with Gasteiger partial charge in [0.05, 0.1) is 30.5 Å². The number of amides is 1. The summed E-state index contributed by atoms with van der Waals surface area (Å²) in [5, 5.41) is 3.82. The molecule has 2 aromatic rings. The highest BCUT2D eigenvalue weighted by atomic mass is 16.5. The zero-order chi connectivity index (χ0) is 16.1. The van der Waals surface area contributed by atoms with Crippen LogP contribution >= 0.6 is 0 Å². The van der Waals surface area contributed by atoms with Crippen molar-refractivity contribution in [3.8, 4) is 0 Å². The Hall–Kier alpha value is -2.21. The summed E-state index contributed by atoms with van der Waals surface area (Å²) in [7, 11) is 0. The van der Waals surface area contributed by atoms with Crippen molar-refractivity contribution in [1.29, 1.82) is 0 Å². The number of carbonyl (C=O) groups is 1. The number of aryl methyl sites for hydroxylation is 1. The quantitative estimate of drug-likeness (QED) is 0.845. The fraction of sp³-hybridized carbons (Fsp3) is 0.471. The van der Waals surface area contributed by atoms with Crippen molar-refractivity contribution in [3.05, 3.63) is 47.6 Å². The number of ether oxygens (including phenoxy) is 1. The highest BCUT2D eigenvalue weighted by Crippen LogP contribution is 2.16. The van der Waals surface area contributed by atoms with E-state index in [1.54, 1.807) is 12.3 Å². The molecule has 1 unspecified atom stereocenters. The Morgan fingerprint density at radius 1 is 1.48 bits per heavy atom. The molecule has 1 aliphatic heterocycles. The Labute approximate surface area is 135 Å². The van der Waals surface area contributed by atoms with Gasteiger partial charge in [-0.25, -0.2) is 0 Å². The maximum absolute atomic E-state index is 12.4. The minimum atomic E-state index is 0.0613. The summed E-state index contributed by atoms with van der Waals surface area (Å²) >= 11 is 0. The van der Waals surface area contributed by atoms with Crippen LogP contribution in [0.15, 0.2) is 35.0 Å². The summed E-state index contributed by atoms with van der Waals surface area (Å²) in [4.78, 5) is 18.5. The van der Waals surface area contributed by atoms with Gasteiger partial charge in [0.1, 0.15) is 5.76 Å². The summed E-state index contributed by atoms with van der Waals surface area (Å²) in [6, 6.07) is 7.58. The summed E-state index contributed by atoms with van der Waals surface area (Å²) in [5.41, 5.74) is 1.70. The van der Waals surface area contributed by atoms with Crippen LogP contribution < -0.4 is 0 Å². The molecule has 0 N–H and O–H groups in total. The Balaban J connectivity index is 1.50. The Kier molecular flexibility index (Phi) is 5.02. The molecule has 6 heteroatoms. The number of nitrogens with zero attached hydrogens (tertiary/aromatic N) is 3. The number of likely N-dealkylation sites (tertiary alicyclic amines) is 1. The highest BCUT2D eigenvalue weighted by molar-refractivity contribution is 5.78. The second kappa shape index (κ2) is 7.37. The number of pyridine rings is 1. The molecular formula is C17H21N3O3. The van der Waals surface area contributed by atoms with Gasteiger partial charge < -0.3 is 14.2 Å². The third-order valence-electron chi connectivity index (χ3n) is 3.93. The lowest BCUT2D eigenvalue weighted by Crippen LogP contribution is -2.43. The molecule has 0 aromatic carbocycles. The van der Waals surface area contributed by atoms with E-state index in [2.05, 4.69) is 10.1 Å². The van der Waals surface area contributed by atoms with Crippen molar-refractivity contribution in [1.82, 2.24) is 15.0 Å². The van der Waals surface area contributed by atoms with Gasteiger partial charge in [0.2, 0.25) is 5.91 Å². The minimum absolute atomic E-state index is 0.0613. The van der Waals surface area contributed by atoms with Gasteiger partial charge in [-0.15, -0.1) is 0 Å². The normalized spacial score (nSPS) is 18.1. The monoisotopic (exact) mass is 315 g/mol. The van der Waals surface area contributed by atoms with Crippen LogP contribution in [0.1, 0.15) is 30.0 Å². The van der Waals surface area contributed by atoms with Crippen molar-refractivity contribution < 1.29 is 14.1 Å². The molecule has 0 saturated carbocycles. The lowest BCUT2D eigenvalue weighted by Gasteiger charge is -2.32. The van der Waals surface area contributed by atoms with Crippen LogP contribution in [0.4, 0.5) is 0 Å². The second-order valence-electron chi connectivity index (χ2n) is 5.85. The van der Waals surface area contributed by atoms with Gasteiger partial charge in [-0.1, -0.05) is 11.2 Å². The summed E-state index contributed by atoms with van der Waals surface area (Å²) in [5.74, 6) is 0.677. The first-order valence-corrected chi connectivity index (χ1v) is 7.92. The Morgan fingerprint density at radius 3 is 3.13 bits per heavy atom. The van der Waals surface area contributed by atoms with Gasteiger partial charge in [-0.05, 0) is 31.9 Å². The fourth-order valence-electron chi connectivity index (χ4n) is 2.75. The number of piperidine rings is 1. The fourth-order valence-corrected chi connectivity index (χ4v) is 2.75. The maximum atomic E-state index is 12.4. The van der Waals surface area contributed by atoms with Gasteiger partial charge in [0.15, 0.2) is 0 Å². The van der Waals surface area contributed by atoms with Crippen LogP contribution in [-0.4, -0.2) is 40.1 Å². The number of carbonyl (C=O) groups excluding carboxylic acids is 1. The highest BCUT2D eigenvalue weighted by Gasteiger charge is 2.25. The predicted molar refractivity (Wildman–Crippen MR) is 83.6 cm³/mol. The number of aromatic nitrogens is 2. The molecule has 1 saturated heterocycles. The maximum Gasteiger partial charge on any atom is 0.230 e. The standard InChI is InChI=1S/C17H21N3O3/c1-13-9-16(23-19-13)10-17(21)20-8-4-6-15(11-20)22-12-14-5-2-3-7-18-14/h2-3,5,7,9,15H,4,6,8,10-12H2,1H3. The van der Waals surface area contributed by atoms with E-state index in [4.69, 9.17) is 9.26 Å². The third-order valence-corrected chi connectivity index (χ3v) is 3.93. The van der Waals surface area contributed by atoms with E-state index in [9.17, 15) is 4.79 Å². The Morgan fingerprint density at radius 2 is 2.39 bits per heavy atom. The summed E-state index contributed by atoms with van der Waals surface area (Å²) < 4.78 is 11.0. The third kappa shape index (κ3) is 4.39. The first-order valence-electron chi connectivity index (χ1n) is 7.92. The van der Waals surface area contributed by atoms with Gasteiger partial charge >= 0.3 is 0 Å². The van der Waals surface area contributed by atoms with E-state index in [1.807, 2.05) is 30.0 Å². The second-order valence-corrected chi connectivity index (χ2v) is 5.85. The zero-order valence-electron chi connectivity index (χ0n) is 13.3. The number of rotatable bonds is 5. The van der Waals surface area contributed by atoms with E-state index in [0.29, 0.717) is 18.9 Å². The largest absolute Gasteiger partial charge is 0.370 e. The van der Waals surface area contributed by atoms with E-state index in [-0.39, 0.29) is 18.4 Å². The molecule has 122 valence electrons. The summed E-state index contributed by atoms with van der Waals surface area (Å²) in [6.45, 7) is 3.73. The van der Waals surface area contributed by atoms with Crippen LogP contribution in [0.5, 0.6) is 0 Å². The lowest BCUT2D eigenvalue weighted by molar-refractivity contribution is -0.135. The first-order chi connectivity index (χ1) is 11.2. The number of hydrogen-bond donors (Lipinski definition) is 0. The molecule has 0 bridgehead atoms. The zero-order valence-corrected chi connectivity index (χ0v) is 13.3. The van der Waals surface area contributed by atoms with Crippen molar-refractivity contribution in [3.63, 3.8) is 0 Å². The van der Waals surface area contributed by atoms with Crippen LogP contribution in [0.3, 0.4) is 0 Å². The van der Waals surface area contributed by atoms with Crippen LogP contribution in [0.25, 0.3) is 0 Å². The van der Waals surface area contributed by atoms with Crippen molar-refractivity contribution in [2.75, 3.05) is 13.1 Å². The molecule has 0 aliphatic carbocycles. The molecule has 0 radical (unpaired) electrons. The van der Waals surface area contributed by atoms with Crippen LogP contribution in [-0.2, 0) is 22.6 Å². The first kappa shape index (κ1) is 15.7. The van der Waals surface area contributed by atoms with Gasteiger partial charge in [0.25, 0.3) is 0 Å². The Bertz CT molecular complexity index is 642. The van der Waals surface area contributed by atoms with Crippen molar-refractivity contribution in [2.24, 2.45) is 0 Å². The average molecular weight is 315 g/mol. The van der Waals surface area contributed by atoms with Gasteiger partial charge in [-0.3, -0.25) is 9.78 Å². The molecule has 0 spiro atoms. The molecule has 6 nitrogen and oxygen atoms in total. The topological polar surface area (TPSA) is 68.5 Å². The van der Waals surface area contributed by atoms with Crippen LogP contribution in [0.2, 0.25) is 0 Å². The number of hydrogen-bond acceptors (Lipinski definition) is 5.